The molecule has 0 saturated heterocycles. The van der Waals surface area contributed by atoms with Crippen molar-refractivity contribution in [3.8, 4) is 0 Å². The second-order valence-electron chi connectivity index (χ2n) is 7.29. The fourth-order valence-electron chi connectivity index (χ4n) is 3.14. The Morgan fingerprint density at radius 2 is 1.61 bits per heavy atom. The number of rotatable bonds is 8. The number of sulfonamides is 1. The van der Waals surface area contributed by atoms with E-state index in [1.807, 2.05) is 44.2 Å². The standard InChI is InChI=1S/C21H27FN2O3S/c1-15(2)14-19(17-10-6-5-7-11-17)23-21(25)16(3)24(28(4,26)27)20-13-9-8-12-18(20)22/h5-13,15-16,19H,14H2,1-4H3,(H,23,25)/t16-,19+/m0/s1. The summed E-state index contributed by atoms with van der Waals surface area (Å²) in [5, 5.41) is 2.94. The van der Waals surface area contributed by atoms with E-state index in [-0.39, 0.29) is 11.7 Å². The van der Waals surface area contributed by atoms with Crippen molar-refractivity contribution in [1.82, 2.24) is 5.32 Å². The second kappa shape index (κ2) is 9.19. The zero-order chi connectivity index (χ0) is 20.9. The van der Waals surface area contributed by atoms with Gasteiger partial charge in [0, 0.05) is 0 Å². The van der Waals surface area contributed by atoms with Gasteiger partial charge in [-0.05, 0) is 37.0 Å². The van der Waals surface area contributed by atoms with Gasteiger partial charge in [-0.15, -0.1) is 0 Å². The fraction of sp³-hybridized carbons (Fsp3) is 0.381. The monoisotopic (exact) mass is 406 g/mol. The molecule has 2 atom stereocenters. The summed E-state index contributed by atoms with van der Waals surface area (Å²) < 4.78 is 39.8. The molecule has 0 aromatic heterocycles. The minimum Gasteiger partial charge on any atom is -0.347 e. The van der Waals surface area contributed by atoms with Gasteiger partial charge in [-0.25, -0.2) is 12.8 Å². The van der Waals surface area contributed by atoms with Gasteiger partial charge in [0.25, 0.3) is 0 Å². The predicted molar refractivity (Wildman–Crippen MR) is 110 cm³/mol. The van der Waals surface area contributed by atoms with Crippen LogP contribution in [0.3, 0.4) is 0 Å². The summed E-state index contributed by atoms with van der Waals surface area (Å²) in [6.45, 7) is 5.56. The van der Waals surface area contributed by atoms with Crippen LogP contribution in [-0.4, -0.2) is 26.6 Å². The largest absolute Gasteiger partial charge is 0.347 e. The van der Waals surface area contributed by atoms with Gasteiger partial charge in [-0.2, -0.15) is 0 Å². The third-order valence-electron chi connectivity index (χ3n) is 4.40. The molecular formula is C21H27FN2O3S. The van der Waals surface area contributed by atoms with Crippen LogP contribution in [0.25, 0.3) is 0 Å². The van der Waals surface area contributed by atoms with E-state index in [1.54, 1.807) is 0 Å². The summed E-state index contributed by atoms with van der Waals surface area (Å²) in [5.41, 5.74) is 0.793. The molecule has 152 valence electrons. The zero-order valence-electron chi connectivity index (χ0n) is 16.6. The number of benzene rings is 2. The molecule has 5 nitrogen and oxygen atoms in total. The topological polar surface area (TPSA) is 66.5 Å². The Morgan fingerprint density at radius 1 is 1.04 bits per heavy atom. The predicted octanol–water partition coefficient (Wildman–Crippen LogP) is 3.88. The number of carbonyl (C=O) groups is 1. The average Bonchev–Trinajstić information content (AvgIpc) is 2.62. The van der Waals surface area contributed by atoms with Crippen molar-refractivity contribution in [3.05, 3.63) is 66.0 Å². The van der Waals surface area contributed by atoms with E-state index in [1.165, 1.54) is 31.2 Å². The summed E-state index contributed by atoms with van der Waals surface area (Å²) in [6.07, 6.45) is 1.66. The van der Waals surface area contributed by atoms with Crippen molar-refractivity contribution in [2.24, 2.45) is 5.92 Å². The average molecular weight is 407 g/mol. The Balaban J connectivity index is 2.32. The Morgan fingerprint density at radius 3 is 2.14 bits per heavy atom. The molecule has 0 spiro atoms. The molecule has 1 amide bonds. The highest BCUT2D eigenvalue weighted by Crippen LogP contribution is 2.26. The molecule has 0 saturated carbocycles. The highest BCUT2D eigenvalue weighted by atomic mass is 32.2. The van der Waals surface area contributed by atoms with Gasteiger partial charge >= 0.3 is 0 Å². The molecule has 0 bridgehead atoms. The van der Waals surface area contributed by atoms with Crippen molar-refractivity contribution in [2.75, 3.05) is 10.6 Å². The van der Waals surface area contributed by atoms with Gasteiger partial charge in [0.2, 0.25) is 15.9 Å². The number of hydrogen-bond donors (Lipinski definition) is 1. The summed E-state index contributed by atoms with van der Waals surface area (Å²) in [5.74, 6) is -0.865. The second-order valence-corrected chi connectivity index (χ2v) is 9.15. The maximum atomic E-state index is 14.3. The number of para-hydroxylation sites is 1. The highest BCUT2D eigenvalue weighted by molar-refractivity contribution is 7.92. The minimum absolute atomic E-state index is 0.146. The molecule has 28 heavy (non-hydrogen) atoms. The summed E-state index contributed by atoms with van der Waals surface area (Å²) in [6, 6.07) is 13.7. The zero-order valence-corrected chi connectivity index (χ0v) is 17.4. The molecule has 0 heterocycles. The molecule has 0 aliphatic heterocycles. The van der Waals surface area contributed by atoms with Gasteiger partial charge in [0.15, 0.2) is 0 Å². The first-order valence-electron chi connectivity index (χ1n) is 9.20. The molecule has 0 unspecified atom stereocenters. The number of anilines is 1. The van der Waals surface area contributed by atoms with Crippen molar-refractivity contribution in [3.63, 3.8) is 0 Å². The lowest BCUT2D eigenvalue weighted by atomic mass is 9.96. The van der Waals surface area contributed by atoms with Crippen LogP contribution in [0.15, 0.2) is 54.6 Å². The van der Waals surface area contributed by atoms with Crippen LogP contribution < -0.4 is 9.62 Å². The van der Waals surface area contributed by atoms with E-state index in [0.29, 0.717) is 12.3 Å². The van der Waals surface area contributed by atoms with E-state index in [9.17, 15) is 17.6 Å². The van der Waals surface area contributed by atoms with Crippen molar-refractivity contribution in [2.45, 2.75) is 39.3 Å². The van der Waals surface area contributed by atoms with Crippen LogP contribution in [0.4, 0.5) is 10.1 Å². The van der Waals surface area contributed by atoms with Crippen molar-refractivity contribution < 1.29 is 17.6 Å². The van der Waals surface area contributed by atoms with Crippen molar-refractivity contribution >= 4 is 21.6 Å². The van der Waals surface area contributed by atoms with Gasteiger partial charge < -0.3 is 5.32 Å². The van der Waals surface area contributed by atoms with Gasteiger partial charge in [-0.3, -0.25) is 9.10 Å². The Kier molecular flexibility index (Phi) is 7.18. The molecule has 1 N–H and O–H groups in total. The van der Waals surface area contributed by atoms with Gasteiger partial charge in [0.05, 0.1) is 18.0 Å². The van der Waals surface area contributed by atoms with Gasteiger partial charge in [-0.1, -0.05) is 56.3 Å². The summed E-state index contributed by atoms with van der Waals surface area (Å²) in [7, 11) is -3.88. The Labute approximate surface area is 166 Å². The van der Waals surface area contributed by atoms with Crippen LogP contribution in [-0.2, 0) is 14.8 Å². The SMILES string of the molecule is CC(C)C[C@@H](NC(=O)[C@H](C)N(c1ccccc1F)S(C)(=O)=O)c1ccccc1. The third kappa shape index (κ3) is 5.55. The lowest BCUT2D eigenvalue weighted by Crippen LogP contribution is -2.49. The maximum Gasteiger partial charge on any atom is 0.244 e. The van der Waals surface area contributed by atoms with E-state index in [4.69, 9.17) is 0 Å². The summed E-state index contributed by atoms with van der Waals surface area (Å²) >= 11 is 0. The van der Waals surface area contributed by atoms with Gasteiger partial charge in [0.1, 0.15) is 11.9 Å². The van der Waals surface area contributed by atoms with Crippen LogP contribution in [0.5, 0.6) is 0 Å². The fourth-order valence-corrected chi connectivity index (χ4v) is 4.31. The number of nitrogens with zero attached hydrogens (tertiary/aromatic N) is 1. The molecule has 2 rings (SSSR count). The lowest BCUT2D eigenvalue weighted by Gasteiger charge is -2.30. The molecular weight excluding hydrogens is 379 g/mol. The molecule has 7 heteroatoms. The number of carbonyl (C=O) groups excluding carboxylic acids is 1. The molecule has 0 aliphatic rings. The van der Waals surface area contributed by atoms with Crippen LogP contribution in [0, 0.1) is 11.7 Å². The Bertz CT molecular complexity index is 901. The molecule has 2 aromatic carbocycles. The van der Waals surface area contributed by atoms with Crippen LogP contribution in [0.1, 0.15) is 38.8 Å². The smallest absolute Gasteiger partial charge is 0.244 e. The van der Waals surface area contributed by atoms with Crippen molar-refractivity contribution in [1.29, 1.82) is 0 Å². The first-order chi connectivity index (χ1) is 13.1. The lowest BCUT2D eigenvalue weighted by molar-refractivity contribution is -0.122. The first kappa shape index (κ1) is 21.9. The number of hydrogen-bond acceptors (Lipinski definition) is 3. The van der Waals surface area contributed by atoms with E-state index < -0.39 is 27.8 Å². The third-order valence-corrected chi connectivity index (χ3v) is 5.63. The highest BCUT2D eigenvalue weighted by Gasteiger charge is 2.32. The molecule has 0 fully saturated rings. The van der Waals surface area contributed by atoms with E-state index >= 15 is 0 Å². The number of halogens is 1. The van der Waals surface area contributed by atoms with E-state index in [2.05, 4.69) is 5.32 Å². The molecule has 2 aromatic rings. The Hall–Kier alpha value is -2.41. The normalized spacial score (nSPS) is 13.8. The minimum atomic E-state index is -3.88. The molecule has 0 aliphatic carbocycles. The quantitative estimate of drug-likeness (QED) is 0.723. The number of amides is 1. The number of nitrogens with one attached hydrogen (secondary N) is 1. The van der Waals surface area contributed by atoms with E-state index in [0.717, 1.165) is 16.1 Å². The first-order valence-corrected chi connectivity index (χ1v) is 11.0. The maximum absolute atomic E-state index is 14.3. The summed E-state index contributed by atoms with van der Waals surface area (Å²) in [4.78, 5) is 12.9. The molecule has 0 radical (unpaired) electrons. The van der Waals surface area contributed by atoms with Crippen LogP contribution in [0.2, 0.25) is 0 Å². The van der Waals surface area contributed by atoms with Crippen LogP contribution >= 0.6 is 0 Å².